The highest BCUT2D eigenvalue weighted by atomic mass is 79.9. The average molecular weight is 359 g/mol. The minimum atomic E-state index is 0.370. The van der Waals surface area contributed by atoms with Crippen molar-refractivity contribution in [3.8, 4) is 11.8 Å². The molecule has 0 radical (unpaired) electrons. The van der Waals surface area contributed by atoms with Crippen LogP contribution < -0.4 is 5.32 Å². The molecule has 0 amide bonds. The van der Waals surface area contributed by atoms with Crippen LogP contribution in [0.4, 0.5) is 0 Å². The second-order valence-electron chi connectivity index (χ2n) is 3.78. The molecule has 3 heteroatoms. The minimum Gasteiger partial charge on any atom is -0.310 e. The van der Waals surface area contributed by atoms with Gasteiger partial charge in [-0.15, -0.1) is 11.8 Å². The van der Waals surface area contributed by atoms with Gasteiger partial charge in [0.15, 0.2) is 0 Å². The van der Waals surface area contributed by atoms with Gasteiger partial charge in [-0.2, -0.15) is 0 Å². The maximum atomic E-state index is 3.53. The summed E-state index contributed by atoms with van der Waals surface area (Å²) < 4.78 is 2.21. The summed E-state index contributed by atoms with van der Waals surface area (Å²) in [4.78, 5) is 0. The molecule has 92 valence electrons. The first-order chi connectivity index (χ1) is 8.17. The van der Waals surface area contributed by atoms with E-state index >= 15 is 0 Å². The maximum Gasteiger partial charge on any atom is 0.0330 e. The van der Waals surface area contributed by atoms with Crippen molar-refractivity contribution in [2.45, 2.75) is 32.7 Å². The summed E-state index contributed by atoms with van der Waals surface area (Å²) in [6.07, 6.45) is 1.97. The van der Waals surface area contributed by atoms with E-state index in [9.17, 15) is 0 Å². The fourth-order valence-corrected chi connectivity index (χ4v) is 3.08. The molecular formula is C14H17Br2N. The predicted molar refractivity (Wildman–Crippen MR) is 80.9 cm³/mol. The zero-order valence-corrected chi connectivity index (χ0v) is 13.4. The van der Waals surface area contributed by atoms with Gasteiger partial charge in [-0.05, 0) is 43.7 Å². The van der Waals surface area contributed by atoms with Crippen LogP contribution in [0.5, 0.6) is 0 Å². The van der Waals surface area contributed by atoms with Crippen LogP contribution in [-0.2, 0) is 0 Å². The highest BCUT2D eigenvalue weighted by molar-refractivity contribution is 9.11. The van der Waals surface area contributed by atoms with E-state index in [1.54, 1.807) is 0 Å². The molecule has 0 aliphatic rings. The van der Waals surface area contributed by atoms with Gasteiger partial charge in [-0.25, -0.2) is 0 Å². The SMILES string of the molecule is CC#CCCC(NCC)c1cc(Br)cc(Br)c1. The zero-order valence-electron chi connectivity index (χ0n) is 10.2. The molecular weight excluding hydrogens is 342 g/mol. The van der Waals surface area contributed by atoms with Crippen molar-refractivity contribution >= 4 is 31.9 Å². The second kappa shape index (κ2) is 7.92. The van der Waals surface area contributed by atoms with E-state index in [0.29, 0.717) is 6.04 Å². The van der Waals surface area contributed by atoms with Gasteiger partial charge in [0.1, 0.15) is 0 Å². The van der Waals surface area contributed by atoms with Gasteiger partial charge in [0.05, 0.1) is 0 Å². The minimum absolute atomic E-state index is 0.370. The number of halogens is 2. The van der Waals surface area contributed by atoms with E-state index < -0.39 is 0 Å². The van der Waals surface area contributed by atoms with Crippen LogP contribution in [0.1, 0.15) is 38.3 Å². The molecule has 0 aromatic heterocycles. The number of nitrogens with one attached hydrogen (secondary N) is 1. The van der Waals surface area contributed by atoms with Gasteiger partial charge in [0.2, 0.25) is 0 Å². The first-order valence-electron chi connectivity index (χ1n) is 5.76. The van der Waals surface area contributed by atoms with E-state index in [2.05, 4.69) is 74.1 Å². The fraction of sp³-hybridized carbons (Fsp3) is 0.429. The Morgan fingerprint density at radius 2 is 1.88 bits per heavy atom. The first kappa shape index (κ1) is 14.8. The molecule has 0 saturated heterocycles. The van der Waals surface area contributed by atoms with Crippen molar-refractivity contribution in [2.75, 3.05) is 6.54 Å². The van der Waals surface area contributed by atoms with Crippen molar-refractivity contribution in [1.82, 2.24) is 5.32 Å². The fourth-order valence-electron chi connectivity index (χ4n) is 1.75. The number of hydrogen-bond donors (Lipinski definition) is 1. The van der Waals surface area contributed by atoms with E-state index in [0.717, 1.165) is 28.3 Å². The van der Waals surface area contributed by atoms with Gasteiger partial charge in [0.25, 0.3) is 0 Å². The third kappa shape index (κ3) is 5.25. The van der Waals surface area contributed by atoms with Gasteiger partial charge >= 0.3 is 0 Å². The van der Waals surface area contributed by atoms with Crippen LogP contribution in [0.3, 0.4) is 0 Å². The third-order valence-corrected chi connectivity index (χ3v) is 3.39. The standard InChI is InChI=1S/C14H17Br2N/c1-3-5-6-7-14(17-4-2)11-8-12(15)10-13(16)9-11/h8-10,14,17H,4,6-7H2,1-2H3. The van der Waals surface area contributed by atoms with Gasteiger partial charge in [-0.3, -0.25) is 0 Å². The monoisotopic (exact) mass is 357 g/mol. The summed E-state index contributed by atoms with van der Waals surface area (Å²) in [5, 5.41) is 3.50. The summed E-state index contributed by atoms with van der Waals surface area (Å²) >= 11 is 7.06. The molecule has 1 aromatic carbocycles. The van der Waals surface area contributed by atoms with Crippen LogP contribution in [0.25, 0.3) is 0 Å². The Morgan fingerprint density at radius 1 is 1.24 bits per heavy atom. The Balaban J connectivity index is 2.82. The van der Waals surface area contributed by atoms with Crippen LogP contribution in [0.15, 0.2) is 27.1 Å². The van der Waals surface area contributed by atoms with Crippen LogP contribution >= 0.6 is 31.9 Å². The largest absolute Gasteiger partial charge is 0.310 e. The maximum absolute atomic E-state index is 3.53. The normalized spacial score (nSPS) is 11.8. The summed E-state index contributed by atoms with van der Waals surface area (Å²) in [6.45, 7) is 4.98. The van der Waals surface area contributed by atoms with E-state index in [4.69, 9.17) is 0 Å². The highest BCUT2D eigenvalue weighted by Gasteiger charge is 2.10. The zero-order chi connectivity index (χ0) is 12.7. The molecule has 0 saturated carbocycles. The summed E-state index contributed by atoms with van der Waals surface area (Å²) in [5.74, 6) is 6.07. The van der Waals surface area contributed by atoms with Gasteiger partial charge in [0, 0.05) is 21.4 Å². The van der Waals surface area contributed by atoms with E-state index in [1.807, 2.05) is 6.92 Å². The molecule has 0 aliphatic carbocycles. The Hall–Kier alpha value is -0.300. The van der Waals surface area contributed by atoms with Crippen LogP contribution in [0.2, 0.25) is 0 Å². The summed E-state index contributed by atoms with van der Waals surface area (Å²) in [5.41, 5.74) is 1.30. The van der Waals surface area contributed by atoms with Crippen LogP contribution in [-0.4, -0.2) is 6.54 Å². The molecule has 0 spiro atoms. The molecule has 0 bridgehead atoms. The van der Waals surface area contributed by atoms with Crippen molar-refractivity contribution in [3.05, 3.63) is 32.7 Å². The highest BCUT2D eigenvalue weighted by Crippen LogP contribution is 2.26. The van der Waals surface area contributed by atoms with Crippen molar-refractivity contribution in [1.29, 1.82) is 0 Å². The third-order valence-electron chi connectivity index (χ3n) is 2.47. The van der Waals surface area contributed by atoms with Crippen molar-refractivity contribution in [3.63, 3.8) is 0 Å². The molecule has 0 heterocycles. The average Bonchev–Trinajstić information content (AvgIpc) is 2.27. The summed E-state index contributed by atoms with van der Waals surface area (Å²) in [6, 6.07) is 6.75. The lowest BCUT2D eigenvalue weighted by molar-refractivity contribution is 0.522. The van der Waals surface area contributed by atoms with Gasteiger partial charge < -0.3 is 5.32 Å². The van der Waals surface area contributed by atoms with Crippen molar-refractivity contribution < 1.29 is 0 Å². The van der Waals surface area contributed by atoms with Crippen LogP contribution in [0, 0.1) is 11.8 Å². The molecule has 1 aromatic rings. The number of hydrogen-bond acceptors (Lipinski definition) is 1. The van der Waals surface area contributed by atoms with E-state index in [1.165, 1.54) is 5.56 Å². The molecule has 1 atom stereocenters. The van der Waals surface area contributed by atoms with Gasteiger partial charge in [-0.1, -0.05) is 38.8 Å². The predicted octanol–water partition coefficient (Wildman–Crippen LogP) is 4.67. The Bertz CT molecular complexity index is 398. The summed E-state index contributed by atoms with van der Waals surface area (Å²) in [7, 11) is 0. The molecule has 1 nitrogen and oxygen atoms in total. The number of rotatable bonds is 5. The van der Waals surface area contributed by atoms with E-state index in [-0.39, 0.29) is 0 Å². The molecule has 1 unspecified atom stereocenters. The molecule has 0 aliphatic heterocycles. The quantitative estimate of drug-likeness (QED) is 0.754. The second-order valence-corrected chi connectivity index (χ2v) is 5.61. The first-order valence-corrected chi connectivity index (χ1v) is 7.35. The Kier molecular flexibility index (Phi) is 6.87. The Morgan fingerprint density at radius 3 is 2.41 bits per heavy atom. The lowest BCUT2D eigenvalue weighted by atomic mass is 10.0. The lowest BCUT2D eigenvalue weighted by Gasteiger charge is -2.18. The van der Waals surface area contributed by atoms with Crippen molar-refractivity contribution in [2.24, 2.45) is 0 Å². The Labute approximate surface area is 121 Å². The number of benzene rings is 1. The molecule has 0 fully saturated rings. The topological polar surface area (TPSA) is 12.0 Å². The molecule has 1 rings (SSSR count). The smallest absolute Gasteiger partial charge is 0.0330 e. The molecule has 1 N–H and O–H groups in total. The lowest BCUT2D eigenvalue weighted by Crippen LogP contribution is -2.20. The molecule has 17 heavy (non-hydrogen) atoms.